The number of hydrazone groups is 1. The minimum atomic E-state index is -0.302. The van der Waals surface area contributed by atoms with Crippen molar-refractivity contribution in [3.63, 3.8) is 0 Å². The van der Waals surface area contributed by atoms with E-state index in [1.807, 2.05) is 66.7 Å². The van der Waals surface area contributed by atoms with Gasteiger partial charge in [-0.1, -0.05) is 73.7 Å². The maximum Gasteiger partial charge on any atom is 0.277 e. The molecule has 3 aromatic carbocycles. The normalized spacial score (nSPS) is 10.7. The molecule has 4 nitrogen and oxygen atoms in total. The van der Waals surface area contributed by atoms with Gasteiger partial charge in [-0.3, -0.25) is 4.79 Å². The summed E-state index contributed by atoms with van der Waals surface area (Å²) in [4.78, 5) is 11.8. The van der Waals surface area contributed by atoms with Gasteiger partial charge in [-0.2, -0.15) is 5.10 Å². The van der Waals surface area contributed by atoms with Crippen molar-refractivity contribution in [1.29, 1.82) is 0 Å². The van der Waals surface area contributed by atoms with E-state index in [1.165, 1.54) is 5.56 Å². The van der Waals surface area contributed by atoms with Crippen molar-refractivity contribution >= 4 is 12.1 Å². The lowest BCUT2D eigenvalue weighted by Crippen LogP contribution is -2.24. The van der Waals surface area contributed by atoms with Crippen LogP contribution < -0.4 is 10.2 Å². The molecule has 0 spiro atoms. The third-order valence-corrected chi connectivity index (χ3v) is 4.12. The lowest BCUT2D eigenvalue weighted by molar-refractivity contribution is -0.123. The molecule has 0 bridgehead atoms. The van der Waals surface area contributed by atoms with E-state index in [1.54, 1.807) is 6.21 Å². The Morgan fingerprint density at radius 3 is 2.26 bits per heavy atom. The van der Waals surface area contributed by atoms with Gasteiger partial charge in [0.2, 0.25) is 0 Å². The summed E-state index contributed by atoms with van der Waals surface area (Å²) in [6, 6.07) is 25.8. The monoisotopic (exact) mass is 358 g/mol. The fourth-order valence-corrected chi connectivity index (χ4v) is 2.57. The van der Waals surface area contributed by atoms with Crippen molar-refractivity contribution in [2.75, 3.05) is 6.61 Å². The highest BCUT2D eigenvalue weighted by Gasteiger charge is 2.02. The summed E-state index contributed by atoms with van der Waals surface area (Å²) in [6.07, 6.45) is 2.61. The van der Waals surface area contributed by atoms with Crippen molar-refractivity contribution < 1.29 is 9.53 Å². The summed E-state index contributed by atoms with van der Waals surface area (Å²) in [6.45, 7) is 2.02. The highest BCUT2D eigenvalue weighted by Crippen LogP contribution is 2.21. The number of aryl methyl sites for hydroxylation is 1. The standard InChI is InChI=1S/C23H22N2O2/c1-2-18-8-10-19(11-9-18)16-24-25-23(26)17-27-22-14-12-21(13-15-22)20-6-4-3-5-7-20/h3-16H,2,17H2,1H3,(H,25,26)/b24-16+. The molecule has 0 heterocycles. The highest BCUT2D eigenvalue weighted by molar-refractivity contribution is 5.83. The molecule has 0 aliphatic heterocycles. The van der Waals surface area contributed by atoms with Crippen LogP contribution in [0.4, 0.5) is 0 Å². The first kappa shape index (κ1) is 18.4. The van der Waals surface area contributed by atoms with Crippen LogP contribution in [0.3, 0.4) is 0 Å². The second-order valence-electron chi connectivity index (χ2n) is 6.07. The Labute approximate surface area is 159 Å². The molecule has 1 amide bonds. The maximum atomic E-state index is 11.8. The van der Waals surface area contributed by atoms with Crippen LogP contribution in [-0.2, 0) is 11.2 Å². The van der Waals surface area contributed by atoms with Gasteiger partial charge in [-0.15, -0.1) is 0 Å². The third-order valence-electron chi connectivity index (χ3n) is 4.12. The predicted molar refractivity (Wildman–Crippen MR) is 109 cm³/mol. The van der Waals surface area contributed by atoms with Crippen LogP contribution in [0.25, 0.3) is 11.1 Å². The van der Waals surface area contributed by atoms with Gasteiger partial charge in [-0.05, 0) is 40.8 Å². The number of benzene rings is 3. The Kier molecular flexibility index (Phi) is 6.36. The Balaban J connectivity index is 1.46. The largest absolute Gasteiger partial charge is 0.484 e. The van der Waals surface area contributed by atoms with Crippen molar-refractivity contribution in [2.24, 2.45) is 5.10 Å². The lowest BCUT2D eigenvalue weighted by atomic mass is 10.1. The number of nitrogens with zero attached hydrogens (tertiary/aromatic N) is 1. The number of hydrogen-bond donors (Lipinski definition) is 1. The minimum Gasteiger partial charge on any atom is -0.484 e. The van der Waals surface area contributed by atoms with E-state index in [0.29, 0.717) is 5.75 Å². The SMILES string of the molecule is CCc1ccc(/C=N/NC(=O)COc2ccc(-c3ccccc3)cc2)cc1. The van der Waals surface area contributed by atoms with Gasteiger partial charge in [0, 0.05) is 0 Å². The van der Waals surface area contributed by atoms with Crippen molar-refractivity contribution in [1.82, 2.24) is 5.43 Å². The zero-order valence-corrected chi connectivity index (χ0v) is 15.3. The molecule has 4 heteroatoms. The molecule has 0 aromatic heterocycles. The quantitative estimate of drug-likeness (QED) is 0.501. The van der Waals surface area contributed by atoms with Crippen LogP contribution in [0.2, 0.25) is 0 Å². The predicted octanol–water partition coefficient (Wildman–Crippen LogP) is 4.45. The molecular formula is C23H22N2O2. The van der Waals surface area contributed by atoms with E-state index in [2.05, 4.69) is 29.6 Å². The molecule has 0 atom stereocenters. The lowest BCUT2D eigenvalue weighted by Gasteiger charge is -2.06. The van der Waals surface area contributed by atoms with Crippen molar-refractivity contribution in [3.05, 3.63) is 90.0 Å². The Morgan fingerprint density at radius 2 is 1.59 bits per heavy atom. The van der Waals surface area contributed by atoms with Gasteiger partial charge in [-0.25, -0.2) is 5.43 Å². The molecule has 0 aliphatic carbocycles. The fourth-order valence-electron chi connectivity index (χ4n) is 2.57. The first-order chi connectivity index (χ1) is 13.2. The van der Waals surface area contributed by atoms with E-state index in [0.717, 1.165) is 23.1 Å². The van der Waals surface area contributed by atoms with Gasteiger partial charge in [0.05, 0.1) is 6.21 Å². The average molecular weight is 358 g/mol. The van der Waals surface area contributed by atoms with Crippen LogP contribution in [0, 0.1) is 0 Å². The van der Waals surface area contributed by atoms with Gasteiger partial charge < -0.3 is 4.74 Å². The molecule has 27 heavy (non-hydrogen) atoms. The Morgan fingerprint density at radius 1 is 0.926 bits per heavy atom. The van der Waals surface area contributed by atoms with E-state index in [4.69, 9.17) is 4.74 Å². The van der Waals surface area contributed by atoms with Crippen LogP contribution >= 0.6 is 0 Å². The summed E-state index contributed by atoms with van der Waals surface area (Å²) < 4.78 is 5.51. The van der Waals surface area contributed by atoms with Gasteiger partial charge in [0.25, 0.3) is 5.91 Å². The number of ether oxygens (including phenoxy) is 1. The molecule has 1 N–H and O–H groups in total. The van der Waals surface area contributed by atoms with Crippen molar-refractivity contribution in [3.8, 4) is 16.9 Å². The van der Waals surface area contributed by atoms with E-state index < -0.39 is 0 Å². The van der Waals surface area contributed by atoms with E-state index >= 15 is 0 Å². The van der Waals surface area contributed by atoms with E-state index in [-0.39, 0.29) is 12.5 Å². The van der Waals surface area contributed by atoms with Gasteiger partial charge >= 0.3 is 0 Å². The maximum absolute atomic E-state index is 11.8. The average Bonchev–Trinajstić information content (AvgIpc) is 2.74. The molecule has 3 rings (SSSR count). The van der Waals surface area contributed by atoms with E-state index in [9.17, 15) is 4.79 Å². The summed E-state index contributed by atoms with van der Waals surface area (Å²) >= 11 is 0. The van der Waals surface area contributed by atoms with Crippen molar-refractivity contribution in [2.45, 2.75) is 13.3 Å². The topological polar surface area (TPSA) is 50.7 Å². The van der Waals surface area contributed by atoms with Crippen LogP contribution in [0.1, 0.15) is 18.1 Å². The molecule has 0 saturated heterocycles. The first-order valence-electron chi connectivity index (χ1n) is 8.94. The molecule has 0 fully saturated rings. The van der Waals surface area contributed by atoms with Gasteiger partial charge in [0.1, 0.15) is 5.75 Å². The minimum absolute atomic E-state index is 0.0865. The number of carbonyl (C=O) groups is 1. The highest BCUT2D eigenvalue weighted by atomic mass is 16.5. The van der Waals surface area contributed by atoms with Crippen LogP contribution in [0.15, 0.2) is 84.0 Å². The summed E-state index contributed by atoms with van der Waals surface area (Å²) in [5.41, 5.74) is 6.92. The fraction of sp³-hybridized carbons (Fsp3) is 0.130. The third kappa shape index (κ3) is 5.54. The smallest absolute Gasteiger partial charge is 0.277 e. The zero-order valence-electron chi connectivity index (χ0n) is 15.3. The molecule has 0 saturated carbocycles. The number of hydrogen-bond acceptors (Lipinski definition) is 3. The first-order valence-corrected chi connectivity index (χ1v) is 8.94. The Hall–Kier alpha value is -3.40. The summed E-state index contributed by atoms with van der Waals surface area (Å²) in [7, 11) is 0. The Bertz CT molecular complexity index is 886. The zero-order chi connectivity index (χ0) is 18.9. The number of carbonyl (C=O) groups excluding carboxylic acids is 1. The van der Waals surface area contributed by atoms with Crippen LogP contribution in [-0.4, -0.2) is 18.7 Å². The summed E-state index contributed by atoms with van der Waals surface area (Å²) in [5, 5.41) is 3.96. The molecule has 0 aliphatic rings. The number of rotatable bonds is 7. The van der Waals surface area contributed by atoms with Crippen LogP contribution in [0.5, 0.6) is 5.75 Å². The molecule has 0 unspecified atom stereocenters. The molecule has 3 aromatic rings. The summed E-state index contributed by atoms with van der Waals surface area (Å²) in [5.74, 6) is 0.340. The molecule has 136 valence electrons. The van der Waals surface area contributed by atoms with Gasteiger partial charge in [0.15, 0.2) is 6.61 Å². The molecule has 0 radical (unpaired) electrons. The number of amides is 1. The molecular weight excluding hydrogens is 336 g/mol. The second-order valence-corrected chi connectivity index (χ2v) is 6.07. The second kappa shape index (κ2) is 9.34. The number of nitrogens with one attached hydrogen (secondary N) is 1.